The first kappa shape index (κ1) is 17.8. The van der Waals surface area contributed by atoms with Crippen molar-refractivity contribution in [3.63, 3.8) is 0 Å². The van der Waals surface area contributed by atoms with Crippen molar-refractivity contribution in [3.05, 3.63) is 35.4 Å². The summed E-state index contributed by atoms with van der Waals surface area (Å²) in [4.78, 5) is 12.4. The summed E-state index contributed by atoms with van der Waals surface area (Å²) >= 11 is 0. The van der Waals surface area contributed by atoms with Crippen LogP contribution in [0.3, 0.4) is 0 Å². The van der Waals surface area contributed by atoms with Crippen LogP contribution in [0.4, 0.5) is 13.2 Å². The van der Waals surface area contributed by atoms with Crippen LogP contribution in [0.15, 0.2) is 24.3 Å². The van der Waals surface area contributed by atoms with Gasteiger partial charge in [-0.2, -0.15) is 13.2 Å². The fourth-order valence-corrected chi connectivity index (χ4v) is 2.83. The average Bonchev–Trinajstić information content (AvgIpc) is 2.96. The Hall–Kier alpha value is -1.56. The van der Waals surface area contributed by atoms with E-state index in [1.807, 2.05) is 20.8 Å². The van der Waals surface area contributed by atoms with Crippen LogP contribution in [-0.4, -0.2) is 19.0 Å². The van der Waals surface area contributed by atoms with Gasteiger partial charge in [0.25, 0.3) is 0 Å². The number of rotatable bonds is 3. The molecule has 1 aliphatic rings. The normalized spacial score (nSPS) is 20.3. The first-order chi connectivity index (χ1) is 10.6. The highest BCUT2D eigenvalue weighted by molar-refractivity contribution is 5.79. The number of hydrogen-bond donors (Lipinski definition) is 2. The summed E-state index contributed by atoms with van der Waals surface area (Å²) in [7, 11) is 0. The molecule has 1 heterocycles. The Morgan fingerprint density at radius 1 is 1.30 bits per heavy atom. The average molecular weight is 328 g/mol. The molecule has 1 aromatic carbocycles. The van der Waals surface area contributed by atoms with Crippen molar-refractivity contribution >= 4 is 5.91 Å². The molecule has 0 radical (unpaired) electrons. The molecule has 6 heteroatoms. The van der Waals surface area contributed by atoms with Gasteiger partial charge in [0.15, 0.2) is 0 Å². The summed E-state index contributed by atoms with van der Waals surface area (Å²) in [6.07, 6.45) is -3.64. The lowest BCUT2D eigenvalue weighted by atomic mass is 9.81. The van der Waals surface area contributed by atoms with Crippen molar-refractivity contribution in [2.24, 2.45) is 11.3 Å². The Morgan fingerprint density at radius 3 is 2.52 bits per heavy atom. The Labute approximate surface area is 134 Å². The van der Waals surface area contributed by atoms with Crippen LogP contribution in [0.2, 0.25) is 0 Å². The first-order valence-corrected chi connectivity index (χ1v) is 7.77. The van der Waals surface area contributed by atoms with E-state index in [4.69, 9.17) is 0 Å². The smallest absolute Gasteiger partial charge is 0.348 e. The molecule has 1 aromatic rings. The Bertz CT molecular complexity index is 558. The molecular weight excluding hydrogens is 305 g/mol. The number of carbonyl (C=O) groups is 1. The quantitative estimate of drug-likeness (QED) is 0.891. The van der Waals surface area contributed by atoms with Gasteiger partial charge in [-0.05, 0) is 36.1 Å². The van der Waals surface area contributed by atoms with E-state index in [9.17, 15) is 18.0 Å². The third-order valence-corrected chi connectivity index (χ3v) is 4.13. The highest BCUT2D eigenvalue weighted by atomic mass is 19.4. The zero-order chi connectivity index (χ0) is 17.3. The summed E-state index contributed by atoms with van der Waals surface area (Å²) in [5.74, 6) is -0.224. The fourth-order valence-electron chi connectivity index (χ4n) is 2.83. The van der Waals surface area contributed by atoms with Crippen molar-refractivity contribution in [2.75, 3.05) is 13.1 Å². The maximum absolute atomic E-state index is 12.9. The molecule has 1 amide bonds. The number of halogens is 3. The second kappa shape index (κ2) is 6.51. The molecule has 0 bridgehead atoms. The molecule has 128 valence electrons. The minimum atomic E-state index is -4.39. The third kappa shape index (κ3) is 4.47. The van der Waals surface area contributed by atoms with Crippen molar-refractivity contribution in [1.82, 2.24) is 10.6 Å². The number of benzene rings is 1. The zero-order valence-corrected chi connectivity index (χ0v) is 13.6. The lowest BCUT2D eigenvalue weighted by Crippen LogP contribution is -2.40. The van der Waals surface area contributed by atoms with E-state index in [1.54, 1.807) is 6.07 Å². The van der Waals surface area contributed by atoms with Crippen LogP contribution >= 0.6 is 0 Å². The highest BCUT2D eigenvalue weighted by Crippen LogP contribution is 2.36. The van der Waals surface area contributed by atoms with E-state index in [-0.39, 0.29) is 11.8 Å². The van der Waals surface area contributed by atoms with E-state index >= 15 is 0 Å². The molecule has 23 heavy (non-hydrogen) atoms. The largest absolute Gasteiger partial charge is 0.416 e. The maximum Gasteiger partial charge on any atom is 0.416 e. The number of hydrogen-bond acceptors (Lipinski definition) is 2. The van der Waals surface area contributed by atoms with Crippen molar-refractivity contribution in [1.29, 1.82) is 0 Å². The predicted octanol–water partition coefficient (Wildman–Crippen LogP) is 3.52. The van der Waals surface area contributed by atoms with E-state index in [1.165, 1.54) is 6.07 Å². The molecule has 2 N–H and O–H groups in total. The van der Waals surface area contributed by atoms with Crippen molar-refractivity contribution in [2.45, 2.75) is 39.4 Å². The second-order valence-corrected chi connectivity index (χ2v) is 7.12. The van der Waals surface area contributed by atoms with E-state index < -0.39 is 23.2 Å². The fraction of sp³-hybridized carbons (Fsp3) is 0.588. The van der Waals surface area contributed by atoms with Crippen LogP contribution in [-0.2, 0) is 11.0 Å². The summed E-state index contributed by atoms with van der Waals surface area (Å²) in [5, 5.41) is 6.07. The highest BCUT2D eigenvalue weighted by Gasteiger charge is 2.34. The Morgan fingerprint density at radius 2 is 2.00 bits per heavy atom. The molecule has 1 aliphatic heterocycles. The molecule has 2 atom stereocenters. The molecule has 1 saturated heterocycles. The van der Waals surface area contributed by atoms with Gasteiger partial charge in [0.2, 0.25) is 5.91 Å². The summed E-state index contributed by atoms with van der Waals surface area (Å²) in [6.45, 7) is 7.13. The minimum absolute atomic E-state index is 0.104. The van der Waals surface area contributed by atoms with Crippen LogP contribution in [0.5, 0.6) is 0 Å². The van der Waals surface area contributed by atoms with Gasteiger partial charge in [0.1, 0.15) is 0 Å². The first-order valence-electron chi connectivity index (χ1n) is 7.77. The maximum atomic E-state index is 12.9. The molecule has 2 unspecified atom stereocenters. The van der Waals surface area contributed by atoms with Crippen molar-refractivity contribution < 1.29 is 18.0 Å². The SMILES string of the molecule is CC(C)(C)C(NC(=O)C1CCNC1)c1cccc(C(F)(F)F)c1. The van der Waals surface area contributed by atoms with Gasteiger partial charge in [-0.25, -0.2) is 0 Å². The van der Waals surface area contributed by atoms with E-state index in [0.717, 1.165) is 25.1 Å². The Kier molecular flexibility index (Phi) is 5.04. The monoisotopic (exact) mass is 328 g/mol. The van der Waals surface area contributed by atoms with Gasteiger partial charge in [-0.15, -0.1) is 0 Å². The molecule has 0 aliphatic carbocycles. The molecule has 1 fully saturated rings. The topological polar surface area (TPSA) is 41.1 Å². The van der Waals surface area contributed by atoms with Gasteiger partial charge in [0, 0.05) is 6.54 Å². The second-order valence-electron chi connectivity index (χ2n) is 7.12. The molecule has 3 nitrogen and oxygen atoms in total. The lowest BCUT2D eigenvalue weighted by Gasteiger charge is -2.33. The number of nitrogens with one attached hydrogen (secondary N) is 2. The van der Waals surface area contributed by atoms with Crippen LogP contribution in [0, 0.1) is 11.3 Å². The van der Waals surface area contributed by atoms with Gasteiger partial charge in [-0.3, -0.25) is 4.79 Å². The zero-order valence-electron chi connectivity index (χ0n) is 13.6. The lowest BCUT2D eigenvalue weighted by molar-refractivity contribution is -0.137. The Balaban J connectivity index is 2.27. The third-order valence-electron chi connectivity index (χ3n) is 4.13. The predicted molar refractivity (Wildman–Crippen MR) is 82.8 cm³/mol. The standard InChI is InChI=1S/C17H23F3N2O/c1-16(2,3)14(22-15(23)12-7-8-21-10-12)11-5-4-6-13(9-11)17(18,19)20/h4-6,9,12,14,21H,7-8,10H2,1-3H3,(H,22,23). The van der Waals surface area contributed by atoms with Crippen LogP contribution in [0.1, 0.15) is 44.4 Å². The minimum Gasteiger partial charge on any atom is -0.348 e. The van der Waals surface area contributed by atoms with Gasteiger partial charge in [0.05, 0.1) is 17.5 Å². The number of alkyl halides is 3. The van der Waals surface area contributed by atoms with Crippen LogP contribution < -0.4 is 10.6 Å². The van der Waals surface area contributed by atoms with Gasteiger partial charge < -0.3 is 10.6 Å². The van der Waals surface area contributed by atoms with E-state index in [0.29, 0.717) is 12.1 Å². The van der Waals surface area contributed by atoms with Crippen molar-refractivity contribution in [3.8, 4) is 0 Å². The summed E-state index contributed by atoms with van der Waals surface area (Å²) < 4.78 is 38.8. The van der Waals surface area contributed by atoms with Gasteiger partial charge in [-0.1, -0.05) is 32.9 Å². The van der Waals surface area contributed by atoms with Crippen LogP contribution in [0.25, 0.3) is 0 Å². The molecular formula is C17H23F3N2O. The number of amides is 1. The van der Waals surface area contributed by atoms with E-state index in [2.05, 4.69) is 10.6 Å². The molecule has 0 saturated carbocycles. The summed E-state index contributed by atoms with van der Waals surface area (Å²) in [6, 6.07) is 4.73. The number of carbonyl (C=O) groups excluding carboxylic acids is 1. The summed E-state index contributed by atoms with van der Waals surface area (Å²) in [5.41, 5.74) is -0.612. The molecule has 2 rings (SSSR count). The molecule has 0 spiro atoms. The molecule has 0 aromatic heterocycles. The van der Waals surface area contributed by atoms with Gasteiger partial charge >= 0.3 is 6.18 Å².